The summed E-state index contributed by atoms with van der Waals surface area (Å²) in [4.78, 5) is 14.3. The number of urea groups is 1. The Hall–Kier alpha value is -1.58. The van der Waals surface area contributed by atoms with Gasteiger partial charge in [0.25, 0.3) is 0 Å². The van der Waals surface area contributed by atoms with Crippen LogP contribution in [0.4, 0.5) is 9.18 Å². The summed E-state index contributed by atoms with van der Waals surface area (Å²) < 4.78 is 13.9. The molecule has 1 saturated carbocycles. The zero-order valence-corrected chi connectivity index (χ0v) is 11.9. The molecule has 1 N–H and O–H groups in total. The van der Waals surface area contributed by atoms with Crippen LogP contribution >= 0.6 is 0 Å². The van der Waals surface area contributed by atoms with Crippen molar-refractivity contribution in [2.45, 2.75) is 50.6 Å². The second-order valence-electron chi connectivity index (χ2n) is 6.03. The topological polar surface area (TPSA) is 32.3 Å². The van der Waals surface area contributed by atoms with Gasteiger partial charge in [-0.25, -0.2) is 9.18 Å². The predicted octanol–water partition coefficient (Wildman–Crippen LogP) is 3.40. The highest BCUT2D eigenvalue weighted by Gasteiger charge is 2.48. The SMILES string of the molecule is CC1CCCCN1C(=O)NC1(c2ccccc2F)CC1. The average Bonchev–Trinajstić information content (AvgIpc) is 3.20. The van der Waals surface area contributed by atoms with E-state index in [9.17, 15) is 9.18 Å². The van der Waals surface area contributed by atoms with Crippen molar-refractivity contribution in [3.63, 3.8) is 0 Å². The van der Waals surface area contributed by atoms with Crippen molar-refractivity contribution < 1.29 is 9.18 Å². The quantitative estimate of drug-likeness (QED) is 0.882. The summed E-state index contributed by atoms with van der Waals surface area (Å²) in [6.45, 7) is 2.89. The number of hydrogen-bond acceptors (Lipinski definition) is 1. The van der Waals surface area contributed by atoms with Crippen LogP contribution < -0.4 is 5.32 Å². The number of benzene rings is 1. The van der Waals surface area contributed by atoms with Gasteiger partial charge in [0.05, 0.1) is 5.54 Å². The highest BCUT2D eigenvalue weighted by atomic mass is 19.1. The van der Waals surface area contributed by atoms with E-state index in [4.69, 9.17) is 0 Å². The summed E-state index contributed by atoms with van der Waals surface area (Å²) in [6.07, 6.45) is 4.94. The Labute approximate surface area is 119 Å². The minimum Gasteiger partial charge on any atom is -0.328 e. The third-order valence-electron chi connectivity index (χ3n) is 4.55. The first-order valence-electron chi connectivity index (χ1n) is 7.46. The van der Waals surface area contributed by atoms with Crippen LogP contribution in [-0.4, -0.2) is 23.5 Å². The van der Waals surface area contributed by atoms with Crippen molar-refractivity contribution in [3.8, 4) is 0 Å². The van der Waals surface area contributed by atoms with Crippen LogP contribution in [0.15, 0.2) is 24.3 Å². The lowest BCUT2D eigenvalue weighted by molar-refractivity contribution is 0.153. The number of amides is 2. The molecule has 0 bridgehead atoms. The van der Waals surface area contributed by atoms with Crippen molar-refractivity contribution >= 4 is 6.03 Å². The van der Waals surface area contributed by atoms with E-state index in [1.54, 1.807) is 12.1 Å². The monoisotopic (exact) mass is 276 g/mol. The van der Waals surface area contributed by atoms with Crippen LogP contribution in [0.25, 0.3) is 0 Å². The molecule has 0 radical (unpaired) electrons. The van der Waals surface area contributed by atoms with Gasteiger partial charge in [-0.05, 0) is 45.1 Å². The molecule has 1 saturated heterocycles. The van der Waals surface area contributed by atoms with Gasteiger partial charge in [-0.3, -0.25) is 0 Å². The number of nitrogens with one attached hydrogen (secondary N) is 1. The maximum Gasteiger partial charge on any atom is 0.318 e. The van der Waals surface area contributed by atoms with Crippen LogP contribution in [0.1, 0.15) is 44.6 Å². The molecule has 1 aromatic carbocycles. The first-order valence-corrected chi connectivity index (χ1v) is 7.46. The smallest absolute Gasteiger partial charge is 0.318 e. The number of nitrogens with zero attached hydrogens (tertiary/aromatic N) is 1. The average molecular weight is 276 g/mol. The Morgan fingerprint density at radius 1 is 1.35 bits per heavy atom. The second kappa shape index (κ2) is 5.08. The highest BCUT2D eigenvalue weighted by Crippen LogP contribution is 2.46. The van der Waals surface area contributed by atoms with Crippen molar-refractivity contribution in [2.75, 3.05) is 6.54 Å². The number of rotatable bonds is 2. The predicted molar refractivity (Wildman–Crippen MR) is 75.9 cm³/mol. The van der Waals surface area contributed by atoms with Crippen LogP contribution in [0.3, 0.4) is 0 Å². The molecule has 0 spiro atoms. The van der Waals surface area contributed by atoms with Gasteiger partial charge in [-0.15, -0.1) is 0 Å². The molecule has 3 rings (SSSR count). The van der Waals surface area contributed by atoms with Gasteiger partial charge in [0, 0.05) is 18.2 Å². The molecule has 2 fully saturated rings. The van der Waals surface area contributed by atoms with E-state index < -0.39 is 5.54 Å². The van der Waals surface area contributed by atoms with Gasteiger partial charge in [-0.1, -0.05) is 18.2 Å². The van der Waals surface area contributed by atoms with Crippen molar-refractivity contribution in [2.24, 2.45) is 0 Å². The molecule has 4 heteroatoms. The van der Waals surface area contributed by atoms with Gasteiger partial charge < -0.3 is 10.2 Å². The molecule has 3 nitrogen and oxygen atoms in total. The summed E-state index contributed by atoms with van der Waals surface area (Å²) in [5.41, 5.74) is 0.151. The first kappa shape index (κ1) is 13.4. The van der Waals surface area contributed by atoms with Gasteiger partial charge in [0.2, 0.25) is 0 Å². The largest absolute Gasteiger partial charge is 0.328 e. The van der Waals surface area contributed by atoms with Gasteiger partial charge in [0.1, 0.15) is 5.82 Å². The van der Waals surface area contributed by atoms with Crippen LogP contribution in [-0.2, 0) is 5.54 Å². The fourth-order valence-electron chi connectivity index (χ4n) is 3.11. The highest BCUT2D eigenvalue weighted by molar-refractivity contribution is 5.76. The molecule has 20 heavy (non-hydrogen) atoms. The summed E-state index contributed by atoms with van der Waals surface area (Å²) >= 11 is 0. The molecule has 1 unspecified atom stereocenters. The first-order chi connectivity index (χ1) is 9.62. The molecule has 2 amide bonds. The standard InChI is InChI=1S/C16H21FN2O/c1-12-6-4-5-11-19(12)15(20)18-16(9-10-16)13-7-2-3-8-14(13)17/h2-3,7-8,12H,4-6,9-11H2,1H3,(H,18,20). The fourth-order valence-corrected chi connectivity index (χ4v) is 3.11. The molecule has 0 aromatic heterocycles. The van der Waals surface area contributed by atoms with E-state index in [0.29, 0.717) is 5.56 Å². The zero-order valence-electron chi connectivity index (χ0n) is 11.9. The Morgan fingerprint density at radius 2 is 2.10 bits per heavy atom. The number of carbonyl (C=O) groups excluding carboxylic acids is 1. The molecule has 1 aliphatic carbocycles. The molecule has 1 heterocycles. The lowest BCUT2D eigenvalue weighted by atomic mass is 10.0. The van der Waals surface area contributed by atoms with E-state index in [2.05, 4.69) is 12.2 Å². The van der Waals surface area contributed by atoms with E-state index >= 15 is 0 Å². The molecule has 1 aliphatic heterocycles. The third-order valence-corrected chi connectivity index (χ3v) is 4.55. The van der Waals surface area contributed by atoms with Crippen molar-refractivity contribution in [1.29, 1.82) is 0 Å². The lowest BCUT2D eigenvalue weighted by Gasteiger charge is -2.35. The zero-order chi connectivity index (χ0) is 14.2. The van der Waals surface area contributed by atoms with Crippen molar-refractivity contribution in [1.82, 2.24) is 10.2 Å². The van der Waals surface area contributed by atoms with Gasteiger partial charge in [-0.2, -0.15) is 0 Å². The van der Waals surface area contributed by atoms with E-state index in [0.717, 1.165) is 32.2 Å². The lowest BCUT2D eigenvalue weighted by Crippen LogP contribution is -2.50. The maximum absolute atomic E-state index is 13.9. The Bertz CT molecular complexity index is 513. The summed E-state index contributed by atoms with van der Waals surface area (Å²) in [5, 5.41) is 3.07. The molecule has 1 aromatic rings. The molecule has 1 atom stereocenters. The van der Waals surface area contributed by atoms with E-state index in [1.165, 1.54) is 12.5 Å². The fraction of sp³-hybridized carbons (Fsp3) is 0.562. The van der Waals surface area contributed by atoms with Crippen LogP contribution in [0, 0.1) is 5.82 Å². The number of carbonyl (C=O) groups is 1. The Balaban J connectivity index is 1.74. The minimum absolute atomic E-state index is 0.0436. The Morgan fingerprint density at radius 3 is 2.75 bits per heavy atom. The van der Waals surface area contributed by atoms with Crippen molar-refractivity contribution in [3.05, 3.63) is 35.6 Å². The summed E-state index contributed by atoms with van der Waals surface area (Å²) in [5.74, 6) is -0.225. The van der Waals surface area contributed by atoms with Crippen LogP contribution in [0.5, 0.6) is 0 Å². The number of halogens is 1. The molecular formula is C16H21FN2O. The normalized spacial score (nSPS) is 24.3. The number of hydrogen-bond donors (Lipinski definition) is 1. The third kappa shape index (κ3) is 2.39. The van der Waals surface area contributed by atoms with Gasteiger partial charge in [0.15, 0.2) is 0 Å². The molecular weight excluding hydrogens is 255 g/mol. The molecule has 2 aliphatic rings. The second-order valence-corrected chi connectivity index (χ2v) is 6.03. The van der Waals surface area contributed by atoms with E-state index in [1.807, 2.05) is 11.0 Å². The summed E-state index contributed by atoms with van der Waals surface area (Å²) in [6, 6.07) is 6.99. The van der Waals surface area contributed by atoms with Gasteiger partial charge >= 0.3 is 6.03 Å². The number of likely N-dealkylation sites (tertiary alicyclic amines) is 1. The van der Waals surface area contributed by atoms with Crippen LogP contribution in [0.2, 0.25) is 0 Å². The minimum atomic E-state index is -0.473. The molecule has 108 valence electrons. The Kier molecular flexibility index (Phi) is 3.40. The maximum atomic E-state index is 13.9. The number of piperidine rings is 1. The summed E-state index contributed by atoms with van der Waals surface area (Å²) in [7, 11) is 0. The van der Waals surface area contributed by atoms with E-state index in [-0.39, 0.29) is 17.9 Å².